The van der Waals surface area contributed by atoms with Gasteiger partial charge >= 0.3 is 0 Å². The molecule has 1 heterocycles. The van der Waals surface area contributed by atoms with Crippen molar-refractivity contribution < 1.29 is 9.53 Å². The minimum atomic E-state index is -0.253. The van der Waals surface area contributed by atoms with Gasteiger partial charge in [0.15, 0.2) is 5.78 Å². The Morgan fingerprint density at radius 1 is 1.31 bits per heavy atom. The number of rotatable bonds is 0. The zero-order chi connectivity index (χ0) is 11.2. The lowest BCUT2D eigenvalue weighted by atomic mass is 9.57. The van der Waals surface area contributed by atoms with E-state index < -0.39 is 0 Å². The van der Waals surface area contributed by atoms with Gasteiger partial charge in [-0.05, 0) is 55.9 Å². The number of carbonyl (C=O) groups is 1. The van der Waals surface area contributed by atoms with E-state index in [9.17, 15) is 4.79 Å². The largest absolute Gasteiger partial charge is 0.366 e. The van der Waals surface area contributed by atoms with Gasteiger partial charge in [-0.1, -0.05) is 6.92 Å². The number of carbonyl (C=O) groups excluding carboxylic acids is 1. The highest BCUT2D eigenvalue weighted by Crippen LogP contribution is 2.55. The van der Waals surface area contributed by atoms with Crippen molar-refractivity contribution in [2.24, 2.45) is 5.41 Å². The van der Waals surface area contributed by atoms with Crippen LogP contribution in [0.25, 0.3) is 0 Å². The van der Waals surface area contributed by atoms with E-state index in [0.29, 0.717) is 0 Å². The van der Waals surface area contributed by atoms with Crippen molar-refractivity contribution in [3.05, 3.63) is 23.8 Å². The van der Waals surface area contributed by atoms with E-state index in [0.717, 1.165) is 19.4 Å². The molecule has 1 aliphatic heterocycles. The molecule has 3 aliphatic rings. The smallest absolute Gasteiger partial charge is 0.178 e. The van der Waals surface area contributed by atoms with E-state index in [1.165, 1.54) is 24.8 Å². The normalized spacial score (nSPS) is 42.3. The number of ketones is 1. The molecule has 0 aromatic heterocycles. The van der Waals surface area contributed by atoms with Crippen LogP contribution in [0.5, 0.6) is 0 Å². The molecule has 2 heteroatoms. The molecule has 0 aromatic rings. The summed E-state index contributed by atoms with van der Waals surface area (Å²) in [6.07, 6.45) is 11.3. The summed E-state index contributed by atoms with van der Waals surface area (Å²) >= 11 is 0. The van der Waals surface area contributed by atoms with E-state index in [1.807, 2.05) is 12.2 Å². The third-order valence-corrected chi connectivity index (χ3v) is 4.55. The van der Waals surface area contributed by atoms with Crippen LogP contribution in [0, 0.1) is 5.41 Å². The quantitative estimate of drug-likeness (QED) is 0.625. The first-order valence-corrected chi connectivity index (χ1v) is 6.25. The lowest BCUT2D eigenvalue weighted by Crippen LogP contribution is -2.54. The molecule has 1 saturated carbocycles. The second-order valence-corrected chi connectivity index (χ2v) is 5.51. The molecule has 0 radical (unpaired) electrons. The SMILES string of the molecule is C[C@@]12CCCO[C@@]13C=CC(=O)C=C3CCC2. The average molecular weight is 218 g/mol. The Hall–Kier alpha value is -0.890. The summed E-state index contributed by atoms with van der Waals surface area (Å²) < 4.78 is 6.12. The van der Waals surface area contributed by atoms with Crippen LogP contribution >= 0.6 is 0 Å². The van der Waals surface area contributed by atoms with Crippen LogP contribution in [0.15, 0.2) is 23.8 Å². The molecule has 0 amide bonds. The van der Waals surface area contributed by atoms with E-state index in [2.05, 4.69) is 6.92 Å². The zero-order valence-corrected chi connectivity index (χ0v) is 9.79. The molecule has 2 aliphatic carbocycles. The van der Waals surface area contributed by atoms with Gasteiger partial charge in [-0.3, -0.25) is 4.79 Å². The predicted molar refractivity (Wildman–Crippen MR) is 62.1 cm³/mol. The first kappa shape index (κ1) is 10.3. The van der Waals surface area contributed by atoms with Crippen molar-refractivity contribution in [2.75, 3.05) is 6.61 Å². The highest BCUT2D eigenvalue weighted by Gasteiger charge is 2.54. The second kappa shape index (κ2) is 3.30. The lowest BCUT2D eigenvalue weighted by Gasteiger charge is -2.55. The molecule has 1 saturated heterocycles. The van der Waals surface area contributed by atoms with Crippen LogP contribution < -0.4 is 0 Å². The Balaban J connectivity index is 2.10. The maximum absolute atomic E-state index is 11.5. The fraction of sp³-hybridized carbons (Fsp3) is 0.643. The summed E-state index contributed by atoms with van der Waals surface area (Å²) in [5.41, 5.74) is 1.16. The third kappa shape index (κ3) is 1.20. The molecular formula is C14H18O2. The van der Waals surface area contributed by atoms with Crippen molar-refractivity contribution in [1.82, 2.24) is 0 Å². The fourth-order valence-electron chi connectivity index (χ4n) is 3.66. The molecule has 2 atom stereocenters. The van der Waals surface area contributed by atoms with E-state index in [-0.39, 0.29) is 16.8 Å². The summed E-state index contributed by atoms with van der Waals surface area (Å²) in [6, 6.07) is 0. The second-order valence-electron chi connectivity index (χ2n) is 5.51. The molecule has 0 aromatic carbocycles. The highest BCUT2D eigenvalue weighted by molar-refractivity contribution is 6.01. The molecule has 3 rings (SSSR count). The van der Waals surface area contributed by atoms with Crippen molar-refractivity contribution in [3.63, 3.8) is 0 Å². The van der Waals surface area contributed by atoms with Crippen molar-refractivity contribution in [3.8, 4) is 0 Å². The van der Waals surface area contributed by atoms with Gasteiger partial charge in [0.05, 0.1) is 0 Å². The zero-order valence-electron chi connectivity index (χ0n) is 9.79. The van der Waals surface area contributed by atoms with Gasteiger partial charge in [0.2, 0.25) is 0 Å². The standard InChI is InChI=1S/C14H18O2/c1-13-6-2-4-11-10-12(15)5-8-14(11,13)16-9-3-7-13/h5,8,10H,2-4,6-7,9H2,1H3/t13-,14-/m1/s1. The fourth-order valence-corrected chi connectivity index (χ4v) is 3.66. The Morgan fingerprint density at radius 3 is 3.00 bits per heavy atom. The molecule has 0 N–H and O–H groups in total. The Bertz CT molecular complexity index is 390. The number of hydrogen-bond acceptors (Lipinski definition) is 2. The van der Waals surface area contributed by atoms with Gasteiger partial charge in [-0.2, -0.15) is 0 Å². The minimum Gasteiger partial charge on any atom is -0.366 e. The van der Waals surface area contributed by atoms with Crippen molar-refractivity contribution in [1.29, 1.82) is 0 Å². The predicted octanol–water partition coefficient (Wildman–Crippen LogP) is 2.79. The summed E-state index contributed by atoms with van der Waals surface area (Å²) in [7, 11) is 0. The van der Waals surface area contributed by atoms with E-state index in [1.54, 1.807) is 6.08 Å². The summed E-state index contributed by atoms with van der Waals surface area (Å²) in [6.45, 7) is 3.14. The van der Waals surface area contributed by atoms with Crippen molar-refractivity contribution in [2.45, 2.75) is 44.6 Å². The average Bonchev–Trinajstić information content (AvgIpc) is 2.27. The molecular weight excluding hydrogens is 200 g/mol. The molecule has 2 fully saturated rings. The van der Waals surface area contributed by atoms with Gasteiger partial charge in [-0.15, -0.1) is 0 Å². The molecule has 86 valence electrons. The maximum Gasteiger partial charge on any atom is 0.178 e. The van der Waals surface area contributed by atoms with E-state index >= 15 is 0 Å². The molecule has 0 bridgehead atoms. The molecule has 16 heavy (non-hydrogen) atoms. The number of hydrogen-bond donors (Lipinski definition) is 0. The monoisotopic (exact) mass is 218 g/mol. The summed E-state index contributed by atoms with van der Waals surface area (Å²) in [5.74, 6) is 0.124. The molecule has 0 unspecified atom stereocenters. The Labute approximate surface area is 96.4 Å². The first-order chi connectivity index (χ1) is 7.66. The first-order valence-electron chi connectivity index (χ1n) is 6.25. The van der Waals surface area contributed by atoms with Crippen LogP contribution in [0.1, 0.15) is 39.0 Å². The maximum atomic E-state index is 11.5. The van der Waals surface area contributed by atoms with E-state index in [4.69, 9.17) is 4.74 Å². The Kier molecular flexibility index (Phi) is 2.12. The van der Waals surface area contributed by atoms with Crippen LogP contribution in [-0.2, 0) is 9.53 Å². The number of allylic oxidation sites excluding steroid dienone is 2. The summed E-state index contributed by atoms with van der Waals surface area (Å²) in [4.78, 5) is 11.5. The van der Waals surface area contributed by atoms with Gasteiger partial charge in [-0.25, -0.2) is 0 Å². The highest BCUT2D eigenvalue weighted by atomic mass is 16.5. The van der Waals surface area contributed by atoms with Gasteiger partial charge in [0.1, 0.15) is 5.60 Å². The topological polar surface area (TPSA) is 26.3 Å². The third-order valence-electron chi connectivity index (χ3n) is 4.55. The molecule has 2 nitrogen and oxygen atoms in total. The lowest BCUT2D eigenvalue weighted by molar-refractivity contribution is -0.128. The summed E-state index contributed by atoms with van der Waals surface area (Å²) in [5, 5.41) is 0. The Morgan fingerprint density at radius 2 is 2.12 bits per heavy atom. The van der Waals surface area contributed by atoms with Crippen LogP contribution in [0.3, 0.4) is 0 Å². The van der Waals surface area contributed by atoms with Crippen LogP contribution in [-0.4, -0.2) is 18.0 Å². The van der Waals surface area contributed by atoms with Crippen LogP contribution in [0.2, 0.25) is 0 Å². The van der Waals surface area contributed by atoms with Gasteiger partial charge < -0.3 is 4.74 Å². The minimum absolute atomic E-state index is 0.124. The van der Waals surface area contributed by atoms with Crippen LogP contribution in [0.4, 0.5) is 0 Å². The van der Waals surface area contributed by atoms with Gasteiger partial charge in [0.25, 0.3) is 0 Å². The number of ether oxygens (including phenoxy) is 1. The van der Waals surface area contributed by atoms with Crippen molar-refractivity contribution >= 4 is 5.78 Å². The molecule has 1 spiro atoms. The van der Waals surface area contributed by atoms with Gasteiger partial charge in [0, 0.05) is 12.0 Å².